The molecular formula is C12H25NO4. The molecule has 102 valence electrons. The Morgan fingerprint density at radius 2 is 1.82 bits per heavy atom. The number of aliphatic hydroxyl groups is 2. The Morgan fingerprint density at radius 3 is 2.12 bits per heavy atom. The maximum Gasteiger partial charge on any atom is 0.219 e. The van der Waals surface area contributed by atoms with E-state index >= 15 is 0 Å². The molecule has 0 aliphatic heterocycles. The molecule has 2 N–H and O–H groups in total. The summed E-state index contributed by atoms with van der Waals surface area (Å²) < 4.78 is 0.0852. The Balaban J connectivity index is 4.89. The van der Waals surface area contributed by atoms with Gasteiger partial charge in [0.05, 0.1) is 21.1 Å². The summed E-state index contributed by atoms with van der Waals surface area (Å²) >= 11 is 0. The summed E-state index contributed by atoms with van der Waals surface area (Å²) in [5.41, 5.74) is -1.64. The SMILES string of the molecule is CC(C)CCC(O)(CC(=O)[O-])C(O)[N+](C)(C)C. The number of aliphatic carboxylic acids is 1. The number of likely N-dealkylation sites (N-methyl/N-ethyl adjacent to an activating group) is 1. The number of nitrogens with zero attached hydrogens (tertiary/aromatic N) is 1. The first-order valence-corrected chi connectivity index (χ1v) is 5.90. The molecule has 0 bridgehead atoms. The number of hydrogen-bond donors (Lipinski definition) is 2. The van der Waals surface area contributed by atoms with E-state index in [0.717, 1.165) is 0 Å². The Hall–Kier alpha value is -0.650. The van der Waals surface area contributed by atoms with E-state index in [1.807, 2.05) is 13.8 Å². The fourth-order valence-electron chi connectivity index (χ4n) is 1.82. The molecule has 0 fully saturated rings. The fraction of sp³-hybridized carbons (Fsp3) is 0.917. The van der Waals surface area contributed by atoms with Gasteiger partial charge in [-0.3, -0.25) is 0 Å². The Labute approximate surface area is 103 Å². The highest BCUT2D eigenvalue weighted by molar-refractivity contribution is 5.65. The summed E-state index contributed by atoms with van der Waals surface area (Å²) in [6, 6.07) is 0. The summed E-state index contributed by atoms with van der Waals surface area (Å²) in [6.45, 7) is 3.97. The van der Waals surface area contributed by atoms with Gasteiger partial charge in [0.15, 0.2) is 0 Å². The molecule has 0 rings (SSSR count). The number of carbonyl (C=O) groups is 1. The molecule has 0 aliphatic carbocycles. The predicted molar refractivity (Wildman–Crippen MR) is 62.7 cm³/mol. The van der Waals surface area contributed by atoms with Gasteiger partial charge < -0.3 is 24.6 Å². The third-order valence-corrected chi connectivity index (χ3v) is 2.82. The van der Waals surface area contributed by atoms with Crippen molar-refractivity contribution in [1.29, 1.82) is 0 Å². The fourth-order valence-corrected chi connectivity index (χ4v) is 1.82. The lowest BCUT2D eigenvalue weighted by Gasteiger charge is -2.41. The van der Waals surface area contributed by atoms with Crippen LogP contribution < -0.4 is 5.11 Å². The van der Waals surface area contributed by atoms with Crippen molar-refractivity contribution in [3.63, 3.8) is 0 Å². The van der Waals surface area contributed by atoms with E-state index in [0.29, 0.717) is 12.3 Å². The van der Waals surface area contributed by atoms with Gasteiger partial charge >= 0.3 is 0 Å². The molecule has 5 nitrogen and oxygen atoms in total. The number of carboxylic acids is 1. The minimum Gasteiger partial charge on any atom is -0.550 e. The zero-order valence-corrected chi connectivity index (χ0v) is 11.4. The highest BCUT2D eigenvalue weighted by Crippen LogP contribution is 2.27. The lowest BCUT2D eigenvalue weighted by atomic mass is 9.88. The molecule has 0 aromatic heterocycles. The van der Waals surface area contributed by atoms with Gasteiger partial charge in [-0.05, 0) is 18.8 Å². The molecule has 0 aromatic carbocycles. The largest absolute Gasteiger partial charge is 0.550 e. The molecule has 2 atom stereocenters. The number of carboxylic acid groups (broad SMARTS) is 1. The number of quaternary nitrogens is 1. The van der Waals surface area contributed by atoms with E-state index in [1.54, 1.807) is 21.1 Å². The van der Waals surface area contributed by atoms with Crippen LogP contribution in [0.25, 0.3) is 0 Å². The predicted octanol–water partition coefficient (Wildman–Crippen LogP) is -0.682. The number of rotatable bonds is 7. The van der Waals surface area contributed by atoms with Crippen molar-refractivity contribution in [2.24, 2.45) is 5.92 Å². The Morgan fingerprint density at radius 1 is 1.35 bits per heavy atom. The molecule has 0 radical (unpaired) electrons. The van der Waals surface area contributed by atoms with Gasteiger partial charge in [-0.25, -0.2) is 0 Å². The van der Waals surface area contributed by atoms with Gasteiger partial charge in [0.25, 0.3) is 0 Å². The van der Waals surface area contributed by atoms with Crippen molar-refractivity contribution >= 4 is 5.97 Å². The van der Waals surface area contributed by atoms with E-state index in [4.69, 9.17) is 0 Å². The second-order valence-electron chi connectivity index (χ2n) is 6.07. The van der Waals surface area contributed by atoms with Crippen molar-refractivity contribution < 1.29 is 24.6 Å². The summed E-state index contributed by atoms with van der Waals surface area (Å²) in [6.07, 6.45) is -0.800. The van der Waals surface area contributed by atoms with Crippen LogP contribution in [-0.4, -0.2) is 53.6 Å². The van der Waals surface area contributed by atoms with Gasteiger partial charge in [0, 0.05) is 12.4 Å². The second-order valence-corrected chi connectivity index (χ2v) is 6.07. The molecular weight excluding hydrogens is 222 g/mol. The molecule has 2 unspecified atom stereocenters. The first-order valence-electron chi connectivity index (χ1n) is 5.90. The Bertz CT molecular complexity index is 260. The van der Waals surface area contributed by atoms with Crippen LogP contribution >= 0.6 is 0 Å². The van der Waals surface area contributed by atoms with Crippen LogP contribution in [-0.2, 0) is 4.79 Å². The van der Waals surface area contributed by atoms with Gasteiger partial charge in [0.2, 0.25) is 6.23 Å². The minimum absolute atomic E-state index is 0.0852. The van der Waals surface area contributed by atoms with Gasteiger partial charge in [-0.2, -0.15) is 0 Å². The average Bonchev–Trinajstić information content (AvgIpc) is 2.11. The number of aliphatic hydroxyl groups excluding tert-OH is 1. The highest BCUT2D eigenvalue weighted by atomic mass is 16.4. The van der Waals surface area contributed by atoms with E-state index in [1.165, 1.54) is 0 Å². The van der Waals surface area contributed by atoms with Crippen LogP contribution in [0.2, 0.25) is 0 Å². The van der Waals surface area contributed by atoms with Crippen molar-refractivity contribution in [2.75, 3.05) is 21.1 Å². The molecule has 0 saturated heterocycles. The second kappa shape index (κ2) is 5.80. The lowest BCUT2D eigenvalue weighted by Crippen LogP contribution is -2.60. The van der Waals surface area contributed by atoms with Crippen molar-refractivity contribution in [3.8, 4) is 0 Å². The molecule has 0 heterocycles. The monoisotopic (exact) mass is 247 g/mol. The Kier molecular flexibility index (Phi) is 5.58. The standard InChI is InChI=1S/C12H25NO4/c1-9(2)6-7-12(17,8-10(14)15)11(16)13(3,4)5/h9,11,16-17H,6-8H2,1-5H3. The van der Waals surface area contributed by atoms with Gasteiger partial charge in [-0.1, -0.05) is 13.8 Å². The van der Waals surface area contributed by atoms with E-state index in [-0.39, 0.29) is 10.9 Å². The smallest absolute Gasteiger partial charge is 0.219 e. The third-order valence-electron chi connectivity index (χ3n) is 2.82. The van der Waals surface area contributed by atoms with Crippen LogP contribution in [0.5, 0.6) is 0 Å². The summed E-state index contributed by atoms with van der Waals surface area (Å²) in [5, 5.41) is 31.1. The van der Waals surface area contributed by atoms with E-state index in [2.05, 4.69) is 0 Å². The summed E-state index contributed by atoms with van der Waals surface area (Å²) in [5.74, 6) is -1.01. The maximum absolute atomic E-state index is 10.7. The summed E-state index contributed by atoms with van der Waals surface area (Å²) in [7, 11) is 5.13. The molecule has 5 heteroatoms. The van der Waals surface area contributed by atoms with Gasteiger partial charge in [0.1, 0.15) is 5.60 Å². The molecule has 0 aliphatic rings. The minimum atomic E-state index is -1.64. The van der Waals surface area contributed by atoms with Crippen LogP contribution in [0, 0.1) is 5.92 Å². The first kappa shape index (κ1) is 16.4. The van der Waals surface area contributed by atoms with Crippen LogP contribution in [0.4, 0.5) is 0 Å². The van der Waals surface area contributed by atoms with Crippen LogP contribution in [0.15, 0.2) is 0 Å². The third kappa shape index (κ3) is 5.48. The van der Waals surface area contributed by atoms with Crippen LogP contribution in [0.3, 0.4) is 0 Å². The molecule has 17 heavy (non-hydrogen) atoms. The zero-order chi connectivity index (χ0) is 13.9. The van der Waals surface area contributed by atoms with E-state index in [9.17, 15) is 20.1 Å². The number of carbonyl (C=O) groups excluding carboxylic acids is 1. The maximum atomic E-state index is 10.7. The molecule has 0 spiro atoms. The zero-order valence-electron chi connectivity index (χ0n) is 11.4. The number of hydrogen-bond acceptors (Lipinski definition) is 4. The molecule has 0 amide bonds. The van der Waals surface area contributed by atoms with Crippen LogP contribution in [0.1, 0.15) is 33.1 Å². The quantitative estimate of drug-likeness (QED) is 0.461. The summed E-state index contributed by atoms with van der Waals surface area (Å²) in [4.78, 5) is 10.7. The molecule has 0 saturated carbocycles. The molecule has 0 aromatic rings. The van der Waals surface area contributed by atoms with Gasteiger partial charge in [-0.15, -0.1) is 0 Å². The van der Waals surface area contributed by atoms with Crippen molar-refractivity contribution in [3.05, 3.63) is 0 Å². The topological polar surface area (TPSA) is 80.6 Å². The van der Waals surface area contributed by atoms with E-state index < -0.39 is 24.2 Å². The normalized spacial score (nSPS) is 17.9. The lowest BCUT2D eigenvalue weighted by molar-refractivity contribution is -0.927. The highest BCUT2D eigenvalue weighted by Gasteiger charge is 2.43. The average molecular weight is 247 g/mol. The van der Waals surface area contributed by atoms with Crippen molar-refractivity contribution in [1.82, 2.24) is 0 Å². The van der Waals surface area contributed by atoms with Crippen molar-refractivity contribution in [2.45, 2.75) is 44.9 Å². The first-order chi connectivity index (χ1) is 7.49.